The van der Waals surface area contributed by atoms with Gasteiger partial charge in [-0.1, -0.05) is 55.8 Å². The second-order valence-electron chi connectivity index (χ2n) is 4.08. The van der Waals surface area contributed by atoms with Crippen molar-refractivity contribution in [1.29, 1.82) is 0 Å². The van der Waals surface area contributed by atoms with Gasteiger partial charge in [0, 0.05) is 0 Å². The van der Waals surface area contributed by atoms with Gasteiger partial charge in [-0.3, -0.25) is 0 Å². The quantitative estimate of drug-likeness (QED) is 0.616. The summed E-state index contributed by atoms with van der Waals surface area (Å²) in [6.07, 6.45) is 6.75. The van der Waals surface area contributed by atoms with Crippen LogP contribution in [0.4, 0.5) is 0 Å². The first-order valence-corrected chi connectivity index (χ1v) is 5.83. The molecule has 0 amide bonds. The molecule has 0 bridgehead atoms. The lowest BCUT2D eigenvalue weighted by Gasteiger charge is -2.06. The molecule has 0 aliphatic heterocycles. The zero-order valence-corrected chi connectivity index (χ0v) is 10.5. The van der Waals surface area contributed by atoms with E-state index in [1.165, 1.54) is 23.1 Å². The average molecular weight is 212 g/mol. The zero-order valence-electron chi connectivity index (χ0n) is 10.5. The molecular weight excluding hydrogens is 192 g/mol. The zero-order chi connectivity index (χ0) is 12.0. The Balaban J connectivity index is 3.13. The minimum atomic E-state index is 1.11. The van der Waals surface area contributed by atoms with Crippen LogP contribution in [0.2, 0.25) is 0 Å². The summed E-state index contributed by atoms with van der Waals surface area (Å²) in [4.78, 5) is 0. The van der Waals surface area contributed by atoms with Gasteiger partial charge in [-0.05, 0) is 37.0 Å². The Bertz CT molecular complexity index is 429. The predicted molar refractivity (Wildman–Crippen MR) is 73.3 cm³/mol. The molecule has 1 aromatic carbocycles. The highest BCUT2D eigenvalue weighted by Gasteiger charge is 2.01. The van der Waals surface area contributed by atoms with Crippen LogP contribution in [0.1, 0.15) is 43.4 Å². The van der Waals surface area contributed by atoms with Crippen LogP contribution in [-0.2, 0) is 0 Å². The van der Waals surface area contributed by atoms with E-state index in [0.29, 0.717) is 0 Å². The van der Waals surface area contributed by atoms with Crippen molar-refractivity contribution >= 4 is 11.6 Å². The van der Waals surface area contributed by atoms with E-state index in [2.05, 4.69) is 63.4 Å². The van der Waals surface area contributed by atoms with Crippen LogP contribution in [0.25, 0.3) is 11.6 Å². The Morgan fingerprint density at radius 2 is 2.19 bits per heavy atom. The smallest absolute Gasteiger partial charge is 0.00192 e. The highest BCUT2D eigenvalue weighted by Crippen LogP contribution is 2.21. The van der Waals surface area contributed by atoms with E-state index in [-0.39, 0.29) is 0 Å². The third-order valence-corrected chi connectivity index (χ3v) is 2.63. The van der Waals surface area contributed by atoms with Gasteiger partial charge >= 0.3 is 0 Å². The fourth-order valence-corrected chi connectivity index (χ4v) is 1.63. The molecule has 1 rings (SSSR count). The predicted octanol–water partition coefficient (Wildman–Crippen LogP) is 5.00. The Labute approximate surface area is 99.0 Å². The second-order valence-corrected chi connectivity index (χ2v) is 4.08. The summed E-state index contributed by atoms with van der Waals surface area (Å²) in [6, 6.07) is 6.49. The second kappa shape index (κ2) is 6.15. The Hall–Kier alpha value is -1.52. The van der Waals surface area contributed by atoms with Crippen LogP contribution in [0.5, 0.6) is 0 Å². The molecule has 0 spiro atoms. The lowest BCUT2D eigenvalue weighted by atomic mass is 9.98. The van der Waals surface area contributed by atoms with Crippen molar-refractivity contribution in [2.45, 2.75) is 33.6 Å². The molecule has 0 heterocycles. The normalized spacial score (nSPS) is 10.4. The van der Waals surface area contributed by atoms with Gasteiger partial charge < -0.3 is 0 Å². The molecular formula is C16H20. The Morgan fingerprint density at radius 1 is 1.44 bits per heavy atom. The lowest BCUT2D eigenvalue weighted by molar-refractivity contribution is 0.962. The van der Waals surface area contributed by atoms with E-state index in [1.54, 1.807) is 0 Å². The summed E-state index contributed by atoms with van der Waals surface area (Å²) in [5.74, 6) is 0. The van der Waals surface area contributed by atoms with Gasteiger partial charge in [-0.2, -0.15) is 0 Å². The summed E-state index contributed by atoms with van der Waals surface area (Å²) < 4.78 is 0. The number of rotatable bonds is 4. The van der Waals surface area contributed by atoms with E-state index in [0.717, 1.165) is 12.0 Å². The van der Waals surface area contributed by atoms with Gasteiger partial charge in [0.05, 0.1) is 0 Å². The topological polar surface area (TPSA) is 0 Å². The van der Waals surface area contributed by atoms with E-state index >= 15 is 0 Å². The maximum absolute atomic E-state index is 3.71. The molecule has 0 N–H and O–H groups in total. The monoisotopic (exact) mass is 212 g/mol. The van der Waals surface area contributed by atoms with E-state index in [9.17, 15) is 0 Å². The highest BCUT2D eigenvalue weighted by molar-refractivity contribution is 5.73. The molecule has 0 unspecified atom stereocenters. The van der Waals surface area contributed by atoms with Crippen LogP contribution in [-0.4, -0.2) is 0 Å². The standard InChI is InChI=1S/C16H20/c1-5-7-8-9-15-12-13(3)10-11-16(15)14(4)6-2/h8-12H,2,5,7H2,1,3-4H3/b9-8-. The molecule has 0 aliphatic rings. The SMILES string of the molecule is C=C=C(C)c1ccc(C)cc1/C=C\CCC. The van der Waals surface area contributed by atoms with Gasteiger partial charge in [0.2, 0.25) is 0 Å². The molecule has 0 saturated heterocycles. The van der Waals surface area contributed by atoms with Crippen molar-refractivity contribution in [3.05, 3.63) is 53.3 Å². The van der Waals surface area contributed by atoms with Crippen molar-refractivity contribution in [1.82, 2.24) is 0 Å². The van der Waals surface area contributed by atoms with Gasteiger partial charge in [0.25, 0.3) is 0 Å². The molecule has 1 aromatic rings. The number of benzene rings is 1. The minimum absolute atomic E-state index is 1.11. The molecule has 0 heteroatoms. The Morgan fingerprint density at radius 3 is 2.81 bits per heavy atom. The van der Waals surface area contributed by atoms with E-state index in [4.69, 9.17) is 0 Å². The Kier molecular flexibility index (Phi) is 4.82. The summed E-state index contributed by atoms with van der Waals surface area (Å²) in [5.41, 5.74) is 7.86. The first-order valence-electron chi connectivity index (χ1n) is 5.83. The summed E-state index contributed by atoms with van der Waals surface area (Å²) in [5, 5.41) is 0. The van der Waals surface area contributed by atoms with Crippen LogP contribution >= 0.6 is 0 Å². The third kappa shape index (κ3) is 3.25. The number of hydrogen-bond acceptors (Lipinski definition) is 0. The largest absolute Gasteiger partial charge is 0.125 e. The first-order chi connectivity index (χ1) is 7.69. The molecule has 0 fully saturated rings. The van der Waals surface area contributed by atoms with E-state index in [1.807, 2.05) is 0 Å². The van der Waals surface area contributed by atoms with Crippen molar-refractivity contribution in [2.75, 3.05) is 0 Å². The summed E-state index contributed by atoms with van der Waals surface area (Å²) >= 11 is 0. The maximum atomic E-state index is 3.71. The molecule has 0 aliphatic carbocycles. The molecule has 0 radical (unpaired) electrons. The highest BCUT2D eigenvalue weighted by atomic mass is 14.0. The number of unbranched alkanes of at least 4 members (excludes halogenated alkanes) is 1. The third-order valence-electron chi connectivity index (χ3n) is 2.63. The minimum Gasteiger partial charge on any atom is -0.125 e. The summed E-state index contributed by atoms with van der Waals surface area (Å²) in [6.45, 7) is 10.1. The number of aryl methyl sites for hydroxylation is 1. The van der Waals surface area contributed by atoms with Crippen LogP contribution < -0.4 is 0 Å². The number of allylic oxidation sites excluding steroid dienone is 2. The van der Waals surface area contributed by atoms with Crippen LogP contribution in [0, 0.1) is 6.92 Å². The van der Waals surface area contributed by atoms with Crippen LogP contribution in [0.15, 0.2) is 36.6 Å². The van der Waals surface area contributed by atoms with Crippen molar-refractivity contribution in [3.63, 3.8) is 0 Å². The molecule has 0 aromatic heterocycles. The van der Waals surface area contributed by atoms with Gasteiger partial charge in [0.15, 0.2) is 0 Å². The average Bonchev–Trinajstić information content (AvgIpc) is 2.29. The lowest BCUT2D eigenvalue weighted by Crippen LogP contribution is -1.86. The van der Waals surface area contributed by atoms with Gasteiger partial charge in [-0.25, -0.2) is 0 Å². The van der Waals surface area contributed by atoms with Crippen molar-refractivity contribution in [2.24, 2.45) is 0 Å². The molecule has 0 saturated carbocycles. The van der Waals surface area contributed by atoms with Crippen LogP contribution in [0.3, 0.4) is 0 Å². The fourth-order valence-electron chi connectivity index (χ4n) is 1.63. The van der Waals surface area contributed by atoms with Crippen molar-refractivity contribution in [3.8, 4) is 0 Å². The molecule has 0 nitrogen and oxygen atoms in total. The van der Waals surface area contributed by atoms with Crippen molar-refractivity contribution < 1.29 is 0 Å². The summed E-state index contributed by atoms with van der Waals surface area (Å²) in [7, 11) is 0. The molecule has 0 atom stereocenters. The molecule has 84 valence electrons. The van der Waals surface area contributed by atoms with Gasteiger partial charge in [-0.15, -0.1) is 5.73 Å². The number of hydrogen-bond donors (Lipinski definition) is 0. The maximum Gasteiger partial charge on any atom is -0.00192 e. The van der Waals surface area contributed by atoms with Gasteiger partial charge in [0.1, 0.15) is 0 Å². The first kappa shape index (κ1) is 12.5. The fraction of sp³-hybridized carbons (Fsp3) is 0.312. The van der Waals surface area contributed by atoms with E-state index < -0.39 is 0 Å². The molecule has 16 heavy (non-hydrogen) atoms.